The molecule has 0 aromatic heterocycles. The van der Waals surface area contributed by atoms with Crippen molar-refractivity contribution < 1.29 is 9.59 Å². The summed E-state index contributed by atoms with van der Waals surface area (Å²) in [6.07, 6.45) is 0. The Morgan fingerprint density at radius 2 is 2.12 bits per heavy atom. The van der Waals surface area contributed by atoms with Crippen LogP contribution in [0, 0.1) is 0 Å². The second-order valence-corrected chi connectivity index (χ2v) is 1.53. The summed E-state index contributed by atoms with van der Waals surface area (Å²) in [5, 5.41) is 1.54. The Bertz CT molecular complexity index is 99.9. The number of nitrogens with one attached hydrogen (secondary N) is 1. The van der Waals surface area contributed by atoms with Crippen molar-refractivity contribution in [1.29, 1.82) is 0 Å². The third kappa shape index (κ3) is 5.29. The Kier molecular flexibility index (Phi) is 3.02. The molecule has 4 nitrogen and oxygen atoms in total. The molecule has 0 rings (SSSR count). The molecule has 46 valence electrons. The van der Waals surface area contributed by atoms with Crippen LogP contribution in [0.4, 0.5) is 4.79 Å². The van der Waals surface area contributed by atoms with Gasteiger partial charge < -0.3 is 11.1 Å². The number of carbonyl (C=O) groups excluding carboxylic acids is 2. The van der Waals surface area contributed by atoms with Crippen LogP contribution in [0.3, 0.4) is 0 Å². The molecule has 3 N–H and O–H groups in total. The lowest BCUT2D eigenvalue weighted by Crippen LogP contribution is -2.29. The van der Waals surface area contributed by atoms with Crippen LogP contribution in [-0.2, 0) is 4.79 Å². The molecule has 0 atom stereocenters. The minimum atomic E-state index is -0.576. The quantitative estimate of drug-likeness (QED) is 0.429. The number of primary amides is 1. The molecule has 0 aliphatic rings. The summed E-state index contributed by atoms with van der Waals surface area (Å²) in [6, 6.07) is 0. The Labute approximate surface area is 51.8 Å². The van der Waals surface area contributed by atoms with E-state index in [0.717, 1.165) is 0 Å². The lowest BCUT2D eigenvalue weighted by Gasteiger charge is -1.92. The van der Waals surface area contributed by atoms with Crippen molar-refractivity contribution in [2.45, 2.75) is 0 Å². The molecular formula is C3H6N2O2S. The molecule has 0 aromatic rings. The maximum absolute atomic E-state index is 9.89. The zero-order valence-corrected chi connectivity index (χ0v) is 4.94. The summed E-state index contributed by atoms with van der Waals surface area (Å²) in [5.74, 6) is -0.576. The number of hydrogen-bond donors (Lipinski definition) is 3. The van der Waals surface area contributed by atoms with Crippen LogP contribution in [0.25, 0.3) is 0 Å². The van der Waals surface area contributed by atoms with Gasteiger partial charge in [-0.05, 0) is 0 Å². The van der Waals surface area contributed by atoms with Crippen LogP contribution in [0.15, 0.2) is 0 Å². The van der Waals surface area contributed by atoms with E-state index in [4.69, 9.17) is 0 Å². The number of nitrogens with two attached hydrogens (primary N) is 1. The van der Waals surface area contributed by atoms with Gasteiger partial charge in [0.15, 0.2) is 0 Å². The fourth-order valence-electron chi connectivity index (χ4n) is 0.163. The normalized spacial score (nSPS) is 8.12. The predicted molar refractivity (Wildman–Crippen MR) is 31.6 cm³/mol. The monoisotopic (exact) mass is 134 g/mol. The first kappa shape index (κ1) is 7.29. The Morgan fingerprint density at radius 3 is 2.25 bits per heavy atom. The molecule has 2 amide bonds. The van der Waals surface area contributed by atoms with Gasteiger partial charge in [-0.1, -0.05) is 12.6 Å². The van der Waals surface area contributed by atoms with Crippen molar-refractivity contribution in [1.82, 2.24) is 5.32 Å². The van der Waals surface area contributed by atoms with Crippen LogP contribution in [-0.4, -0.2) is 17.7 Å². The van der Waals surface area contributed by atoms with Crippen LogP contribution < -0.4 is 11.1 Å². The average Bonchev–Trinajstić information content (AvgIpc) is 1.61. The van der Waals surface area contributed by atoms with E-state index in [-0.39, 0.29) is 6.54 Å². The zero-order valence-electron chi connectivity index (χ0n) is 4.05. The topological polar surface area (TPSA) is 72.2 Å². The van der Waals surface area contributed by atoms with E-state index in [1.54, 1.807) is 0 Å². The smallest absolute Gasteiger partial charge is 0.276 e. The molecule has 0 aliphatic carbocycles. The molecule has 8 heavy (non-hydrogen) atoms. The van der Waals surface area contributed by atoms with Gasteiger partial charge in [0.05, 0.1) is 6.54 Å². The SMILES string of the molecule is NC(=O)CNC(=O)S. The van der Waals surface area contributed by atoms with Gasteiger partial charge in [-0.3, -0.25) is 9.59 Å². The first-order chi connectivity index (χ1) is 3.63. The molecule has 0 saturated carbocycles. The van der Waals surface area contributed by atoms with Gasteiger partial charge in [-0.25, -0.2) is 0 Å². The highest BCUT2D eigenvalue weighted by Crippen LogP contribution is 1.71. The fourth-order valence-corrected chi connectivity index (χ4v) is 0.242. The standard InChI is InChI=1S/C3H6N2O2S/c4-2(6)1-5-3(7)8/h1H2,(H2,4,6)(H2,5,7,8). The van der Waals surface area contributed by atoms with E-state index >= 15 is 0 Å². The first-order valence-electron chi connectivity index (χ1n) is 1.88. The van der Waals surface area contributed by atoms with Gasteiger partial charge in [0.1, 0.15) is 0 Å². The highest BCUT2D eigenvalue weighted by Gasteiger charge is 1.93. The molecule has 0 radical (unpaired) electrons. The van der Waals surface area contributed by atoms with Gasteiger partial charge in [-0.15, -0.1) is 0 Å². The lowest BCUT2D eigenvalue weighted by molar-refractivity contribution is -0.117. The van der Waals surface area contributed by atoms with Crippen molar-refractivity contribution in [2.75, 3.05) is 6.54 Å². The van der Waals surface area contributed by atoms with E-state index in [1.807, 2.05) is 0 Å². The maximum atomic E-state index is 9.89. The van der Waals surface area contributed by atoms with E-state index in [9.17, 15) is 9.59 Å². The van der Waals surface area contributed by atoms with Crippen LogP contribution in [0.2, 0.25) is 0 Å². The largest absolute Gasteiger partial charge is 0.368 e. The zero-order chi connectivity index (χ0) is 6.57. The van der Waals surface area contributed by atoms with E-state index in [1.165, 1.54) is 0 Å². The third-order valence-electron chi connectivity index (χ3n) is 0.414. The Hall–Kier alpha value is -0.710. The number of carbonyl (C=O) groups is 2. The molecule has 0 unspecified atom stereocenters. The van der Waals surface area contributed by atoms with Gasteiger partial charge in [-0.2, -0.15) is 0 Å². The number of thiol groups is 1. The molecule has 0 saturated heterocycles. The fraction of sp³-hybridized carbons (Fsp3) is 0.333. The highest BCUT2D eigenvalue weighted by atomic mass is 32.1. The highest BCUT2D eigenvalue weighted by molar-refractivity contribution is 7.96. The second kappa shape index (κ2) is 3.31. The number of rotatable bonds is 2. The molecule has 0 bridgehead atoms. The predicted octanol–water partition coefficient (Wildman–Crippen LogP) is -0.889. The molecule has 5 heteroatoms. The van der Waals surface area contributed by atoms with Crippen LogP contribution in [0.1, 0.15) is 0 Å². The maximum Gasteiger partial charge on any atom is 0.276 e. The van der Waals surface area contributed by atoms with Crippen molar-refractivity contribution in [2.24, 2.45) is 5.73 Å². The number of amides is 2. The Balaban J connectivity index is 3.18. The summed E-state index contributed by atoms with van der Waals surface area (Å²) in [7, 11) is 0. The molecule has 0 aliphatic heterocycles. The first-order valence-corrected chi connectivity index (χ1v) is 2.32. The van der Waals surface area contributed by atoms with Crippen molar-refractivity contribution in [3.8, 4) is 0 Å². The molecule has 0 fully saturated rings. The van der Waals surface area contributed by atoms with Crippen molar-refractivity contribution in [3.05, 3.63) is 0 Å². The summed E-state index contributed by atoms with van der Waals surface area (Å²) in [6.45, 7) is -0.150. The third-order valence-corrected chi connectivity index (χ3v) is 0.572. The van der Waals surface area contributed by atoms with Gasteiger partial charge >= 0.3 is 0 Å². The van der Waals surface area contributed by atoms with Gasteiger partial charge in [0, 0.05) is 0 Å². The van der Waals surface area contributed by atoms with Gasteiger partial charge in [0.25, 0.3) is 5.24 Å². The molecule has 0 spiro atoms. The van der Waals surface area contributed by atoms with E-state index in [2.05, 4.69) is 23.7 Å². The second-order valence-electron chi connectivity index (χ2n) is 1.13. The van der Waals surface area contributed by atoms with Crippen molar-refractivity contribution in [3.63, 3.8) is 0 Å². The van der Waals surface area contributed by atoms with E-state index in [0.29, 0.717) is 0 Å². The van der Waals surface area contributed by atoms with Crippen molar-refractivity contribution >= 4 is 23.8 Å². The Morgan fingerprint density at radius 1 is 1.62 bits per heavy atom. The summed E-state index contributed by atoms with van der Waals surface area (Å²) in [5.41, 5.74) is 4.65. The van der Waals surface area contributed by atoms with Gasteiger partial charge in [0.2, 0.25) is 5.91 Å². The lowest BCUT2D eigenvalue weighted by atomic mass is 10.6. The van der Waals surface area contributed by atoms with Crippen LogP contribution in [0.5, 0.6) is 0 Å². The molecule has 0 aromatic carbocycles. The number of hydrogen-bond acceptors (Lipinski definition) is 2. The average molecular weight is 134 g/mol. The molecule has 0 heterocycles. The summed E-state index contributed by atoms with van der Waals surface area (Å²) < 4.78 is 0. The van der Waals surface area contributed by atoms with E-state index < -0.39 is 11.1 Å². The van der Waals surface area contributed by atoms with Crippen LogP contribution >= 0.6 is 12.6 Å². The minimum Gasteiger partial charge on any atom is -0.368 e. The summed E-state index contributed by atoms with van der Waals surface area (Å²) in [4.78, 5) is 19.8. The minimum absolute atomic E-state index is 0.150. The molecular weight excluding hydrogens is 128 g/mol. The summed E-state index contributed by atoms with van der Waals surface area (Å²) >= 11 is 3.31.